The molecule has 51 heavy (non-hydrogen) atoms. The molecular weight excluding hydrogens is 667 g/mol. The molecule has 9 rings (SSSR count). The van der Waals surface area contributed by atoms with Crippen molar-refractivity contribution in [3.8, 4) is 0 Å². The largest absolute Gasteiger partial charge is 0.245 e. The third-order valence-electron chi connectivity index (χ3n) is 10.4. The minimum Gasteiger partial charge on any atom is -0.245 e. The van der Waals surface area contributed by atoms with Crippen LogP contribution in [0.1, 0.15) is 0 Å². The molecule has 0 atom stereocenters. The molecule has 2 aromatic heterocycles. The topological polar surface area (TPSA) is 12.9 Å². The van der Waals surface area contributed by atoms with Gasteiger partial charge in [0.1, 0.15) is 4.83 Å². The zero-order valence-corrected chi connectivity index (χ0v) is 30.9. The van der Waals surface area contributed by atoms with Gasteiger partial charge in [-0.05, 0) is 53.6 Å². The quantitative estimate of drug-likeness (QED) is 0.136. The fraction of sp³-hybridized carbons (Fsp3) is 0. The van der Waals surface area contributed by atoms with E-state index in [0.29, 0.717) is 0 Å². The van der Waals surface area contributed by atoms with E-state index < -0.39 is 16.1 Å². The van der Waals surface area contributed by atoms with Crippen molar-refractivity contribution < 1.29 is 0 Å². The smallest absolute Gasteiger partial charge is 0.181 e. The Kier molecular flexibility index (Phi) is 8.13. The van der Waals surface area contributed by atoms with Crippen LogP contribution in [0.2, 0.25) is 0 Å². The number of hydrogen-bond donors (Lipinski definition) is 0. The molecule has 0 saturated carbocycles. The molecule has 0 amide bonds. The van der Waals surface area contributed by atoms with Crippen molar-refractivity contribution in [3.05, 3.63) is 212 Å². The van der Waals surface area contributed by atoms with E-state index in [4.69, 9.17) is 4.98 Å². The van der Waals surface area contributed by atoms with Gasteiger partial charge in [0.05, 0.1) is 0 Å². The number of thiophene rings is 1. The molecule has 0 spiro atoms. The molecule has 9 aromatic rings. The van der Waals surface area contributed by atoms with Gasteiger partial charge >= 0.3 is 0 Å². The standard InChI is InChI=1S/C47H35NSSi2/c1-7-19-36(20-8-1)50(37-21-9-2-10-22-37,38-23-11-3-12-24-38)42-31-32-46-44(33-42)45-34-43(35-48-47(45)49-46)51(39-25-13-4-14-26-39,40-27-15-5-16-28-40)41-29-17-6-18-30-41/h1-35H. The molecule has 0 aliphatic rings. The van der Waals surface area contributed by atoms with Crippen LogP contribution in [0, 0.1) is 0 Å². The molecule has 0 aliphatic heterocycles. The zero-order valence-electron chi connectivity index (χ0n) is 28.1. The Hall–Kier alpha value is -5.66. The van der Waals surface area contributed by atoms with E-state index >= 15 is 0 Å². The summed E-state index contributed by atoms with van der Waals surface area (Å²) in [4.78, 5) is 6.37. The molecule has 0 bridgehead atoms. The van der Waals surface area contributed by atoms with Crippen LogP contribution in [-0.4, -0.2) is 21.1 Å². The average Bonchev–Trinajstić information content (AvgIpc) is 3.59. The molecule has 0 N–H and O–H groups in total. The number of aromatic nitrogens is 1. The van der Waals surface area contributed by atoms with Crippen molar-refractivity contribution in [1.29, 1.82) is 0 Å². The fourth-order valence-electron chi connectivity index (χ4n) is 8.23. The first-order valence-electron chi connectivity index (χ1n) is 17.5. The Morgan fingerprint density at radius 3 is 1.02 bits per heavy atom. The van der Waals surface area contributed by atoms with Crippen LogP contribution >= 0.6 is 11.3 Å². The van der Waals surface area contributed by atoms with Crippen LogP contribution in [0.4, 0.5) is 0 Å². The summed E-state index contributed by atoms with van der Waals surface area (Å²) in [5.74, 6) is 0. The number of benzene rings is 7. The van der Waals surface area contributed by atoms with Gasteiger partial charge in [-0.1, -0.05) is 194 Å². The number of rotatable bonds is 8. The summed E-state index contributed by atoms with van der Waals surface area (Å²) in [5, 5.41) is 13.4. The van der Waals surface area contributed by atoms with Crippen LogP contribution in [0.3, 0.4) is 0 Å². The highest BCUT2D eigenvalue weighted by Crippen LogP contribution is 2.32. The van der Waals surface area contributed by atoms with Gasteiger partial charge in [0.25, 0.3) is 0 Å². The molecule has 4 heteroatoms. The lowest BCUT2D eigenvalue weighted by atomic mass is 10.2. The summed E-state index contributed by atoms with van der Waals surface area (Å²) in [7, 11) is -5.43. The normalized spacial score (nSPS) is 11.9. The SMILES string of the molecule is c1ccc([Si](c2ccccc2)(c2ccccc2)c2ccc3sc4ncc([Si](c5ccccc5)(c5ccccc5)c5ccccc5)cc4c3c2)cc1. The van der Waals surface area contributed by atoms with Gasteiger partial charge in [-0.3, -0.25) is 0 Å². The maximum absolute atomic E-state index is 5.29. The molecule has 0 saturated heterocycles. The Labute approximate surface area is 305 Å². The molecule has 0 aliphatic carbocycles. The molecule has 7 aromatic carbocycles. The maximum atomic E-state index is 5.29. The number of hydrogen-bond acceptors (Lipinski definition) is 2. The lowest BCUT2D eigenvalue weighted by Crippen LogP contribution is -2.74. The predicted molar refractivity (Wildman–Crippen MR) is 224 cm³/mol. The van der Waals surface area contributed by atoms with Crippen LogP contribution in [0.15, 0.2) is 212 Å². The molecular formula is C47H35NSSi2. The van der Waals surface area contributed by atoms with Crippen LogP contribution in [0.25, 0.3) is 20.3 Å². The second kappa shape index (κ2) is 13.2. The Morgan fingerprint density at radius 1 is 0.314 bits per heavy atom. The third-order valence-corrected chi connectivity index (χ3v) is 21.0. The highest BCUT2D eigenvalue weighted by Gasteiger charge is 2.43. The van der Waals surface area contributed by atoms with Crippen molar-refractivity contribution in [2.75, 3.05) is 0 Å². The summed E-state index contributed by atoms with van der Waals surface area (Å²) in [6, 6.07) is 76.7. The summed E-state index contributed by atoms with van der Waals surface area (Å²) >= 11 is 1.79. The Bertz CT molecular complexity index is 2180. The Balaban J connectivity index is 1.36. The number of nitrogens with zero attached hydrogens (tertiary/aromatic N) is 1. The number of pyridine rings is 1. The van der Waals surface area contributed by atoms with Crippen molar-refractivity contribution in [1.82, 2.24) is 4.98 Å². The molecule has 0 fully saturated rings. The minimum absolute atomic E-state index is 1.08. The van der Waals surface area contributed by atoms with Crippen LogP contribution in [0.5, 0.6) is 0 Å². The van der Waals surface area contributed by atoms with E-state index in [1.54, 1.807) is 11.3 Å². The summed E-state index contributed by atoms with van der Waals surface area (Å²) in [6.45, 7) is 0. The van der Waals surface area contributed by atoms with Crippen LogP contribution in [-0.2, 0) is 0 Å². The molecule has 242 valence electrons. The van der Waals surface area contributed by atoms with Gasteiger partial charge in [0.15, 0.2) is 16.1 Å². The first-order chi connectivity index (χ1) is 25.3. The zero-order chi connectivity index (χ0) is 34.1. The lowest BCUT2D eigenvalue weighted by Gasteiger charge is -2.34. The molecule has 2 heterocycles. The summed E-state index contributed by atoms with van der Waals surface area (Å²) in [5.41, 5.74) is 0. The van der Waals surface area contributed by atoms with E-state index in [9.17, 15) is 0 Å². The summed E-state index contributed by atoms with van der Waals surface area (Å²) < 4.78 is 1.27. The van der Waals surface area contributed by atoms with Gasteiger partial charge in [-0.15, -0.1) is 11.3 Å². The van der Waals surface area contributed by atoms with E-state index in [1.807, 2.05) is 0 Å². The first kappa shape index (κ1) is 31.3. The molecule has 0 unspecified atom stereocenters. The van der Waals surface area contributed by atoms with Gasteiger partial charge in [0, 0.05) is 21.7 Å². The van der Waals surface area contributed by atoms with E-state index in [1.165, 1.54) is 57.0 Å². The molecule has 0 radical (unpaired) electrons. The average molecular weight is 702 g/mol. The highest BCUT2D eigenvalue weighted by atomic mass is 32.1. The predicted octanol–water partition coefficient (Wildman–Crippen LogP) is 6.20. The fourth-order valence-corrected chi connectivity index (χ4v) is 18.7. The monoisotopic (exact) mass is 701 g/mol. The second-order valence-corrected chi connectivity index (χ2v) is 21.7. The van der Waals surface area contributed by atoms with Crippen molar-refractivity contribution in [2.24, 2.45) is 0 Å². The second-order valence-electron chi connectivity index (χ2n) is 13.1. The number of fused-ring (bicyclic) bond motifs is 3. The van der Waals surface area contributed by atoms with E-state index in [2.05, 4.69) is 212 Å². The van der Waals surface area contributed by atoms with Gasteiger partial charge in [0.2, 0.25) is 0 Å². The van der Waals surface area contributed by atoms with Crippen LogP contribution < -0.4 is 41.5 Å². The summed E-state index contributed by atoms with van der Waals surface area (Å²) in [6.07, 6.45) is 2.18. The molecule has 1 nitrogen and oxygen atoms in total. The lowest BCUT2D eigenvalue weighted by molar-refractivity contribution is 1.46. The van der Waals surface area contributed by atoms with Crippen molar-refractivity contribution in [2.45, 2.75) is 0 Å². The van der Waals surface area contributed by atoms with Crippen molar-refractivity contribution in [3.63, 3.8) is 0 Å². The van der Waals surface area contributed by atoms with Gasteiger partial charge in [-0.25, -0.2) is 4.98 Å². The first-order valence-corrected chi connectivity index (χ1v) is 22.3. The van der Waals surface area contributed by atoms with Gasteiger partial charge in [-0.2, -0.15) is 0 Å². The van der Waals surface area contributed by atoms with E-state index in [-0.39, 0.29) is 0 Å². The minimum atomic E-state index is -2.74. The third kappa shape index (κ3) is 5.14. The maximum Gasteiger partial charge on any atom is 0.181 e. The van der Waals surface area contributed by atoms with Crippen molar-refractivity contribution >= 4 is 89.3 Å². The Morgan fingerprint density at radius 2 is 0.647 bits per heavy atom. The van der Waals surface area contributed by atoms with E-state index in [0.717, 1.165) is 4.83 Å². The van der Waals surface area contributed by atoms with Gasteiger partial charge < -0.3 is 0 Å². The highest BCUT2D eigenvalue weighted by molar-refractivity contribution is 7.26.